The fourth-order valence-corrected chi connectivity index (χ4v) is 2.32. The van der Waals surface area contributed by atoms with Gasteiger partial charge in [0.15, 0.2) is 0 Å². The van der Waals surface area contributed by atoms with Crippen LogP contribution in [0, 0.1) is 5.92 Å². The van der Waals surface area contributed by atoms with Crippen molar-refractivity contribution in [1.82, 2.24) is 5.32 Å². The zero-order chi connectivity index (χ0) is 12.3. The molecule has 0 bridgehead atoms. The number of rotatable bonds is 4. The van der Waals surface area contributed by atoms with Crippen LogP contribution in [0.5, 0.6) is 0 Å². The normalized spacial score (nSPS) is 15.4. The molecule has 0 spiro atoms. The van der Waals surface area contributed by atoms with E-state index in [-0.39, 0.29) is 5.91 Å². The molecule has 92 valence electrons. The second-order valence-electron chi connectivity index (χ2n) is 4.58. The SMILES string of the molecule is Nc1ccc(C(=O)NCCC2CCC2)cc1Br. The molecule has 0 heterocycles. The Morgan fingerprint density at radius 1 is 1.47 bits per heavy atom. The average molecular weight is 297 g/mol. The van der Waals surface area contributed by atoms with Gasteiger partial charge < -0.3 is 11.1 Å². The molecule has 1 saturated carbocycles. The number of hydrogen-bond donors (Lipinski definition) is 2. The van der Waals surface area contributed by atoms with Crippen LogP contribution in [0.3, 0.4) is 0 Å². The number of nitrogens with one attached hydrogen (secondary N) is 1. The fraction of sp³-hybridized carbons (Fsp3) is 0.462. The Labute approximate surface area is 110 Å². The summed E-state index contributed by atoms with van der Waals surface area (Å²) in [7, 11) is 0. The van der Waals surface area contributed by atoms with Crippen molar-refractivity contribution >= 4 is 27.5 Å². The Balaban J connectivity index is 1.83. The minimum atomic E-state index is -0.0231. The summed E-state index contributed by atoms with van der Waals surface area (Å²) in [6.45, 7) is 0.769. The van der Waals surface area contributed by atoms with Gasteiger partial charge in [-0.05, 0) is 46.5 Å². The summed E-state index contributed by atoms with van der Waals surface area (Å²) < 4.78 is 0.768. The number of anilines is 1. The highest BCUT2D eigenvalue weighted by Crippen LogP contribution is 2.28. The Hall–Kier alpha value is -1.03. The van der Waals surface area contributed by atoms with E-state index in [4.69, 9.17) is 5.73 Å². The highest BCUT2D eigenvalue weighted by Gasteiger charge is 2.17. The van der Waals surface area contributed by atoms with E-state index in [2.05, 4.69) is 21.2 Å². The maximum absolute atomic E-state index is 11.8. The molecule has 0 aromatic heterocycles. The molecule has 0 aliphatic heterocycles. The number of amides is 1. The number of nitrogens with two attached hydrogens (primary N) is 1. The van der Waals surface area contributed by atoms with E-state index in [9.17, 15) is 4.79 Å². The first-order valence-electron chi connectivity index (χ1n) is 6.00. The lowest BCUT2D eigenvalue weighted by atomic mass is 9.83. The van der Waals surface area contributed by atoms with Crippen LogP contribution >= 0.6 is 15.9 Å². The molecule has 2 rings (SSSR count). The molecule has 3 nitrogen and oxygen atoms in total. The molecule has 1 aromatic carbocycles. The number of carbonyl (C=O) groups is 1. The van der Waals surface area contributed by atoms with Crippen LogP contribution in [0.1, 0.15) is 36.0 Å². The van der Waals surface area contributed by atoms with Crippen LogP contribution in [0.2, 0.25) is 0 Å². The summed E-state index contributed by atoms with van der Waals surface area (Å²) in [5, 5.41) is 2.94. The van der Waals surface area contributed by atoms with Gasteiger partial charge in [0.1, 0.15) is 0 Å². The minimum absolute atomic E-state index is 0.0231. The number of hydrogen-bond acceptors (Lipinski definition) is 2. The van der Waals surface area contributed by atoms with E-state index < -0.39 is 0 Å². The molecule has 1 aromatic rings. The van der Waals surface area contributed by atoms with E-state index in [0.29, 0.717) is 11.3 Å². The Bertz CT molecular complexity index is 416. The Morgan fingerprint density at radius 2 is 2.24 bits per heavy atom. The maximum Gasteiger partial charge on any atom is 0.251 e. The maximum atomic E-state index is 11.8. The predicted octanol–water partition coefficient (Wildman–Crippen LogP) is 2.95. The van der Waals surface area contributed by atoms with Gasteiger partial charge in [-0.2, -0.15) is 0 Å². The zero-order valence-electron chi connectivity index (χ0n) is 9.71. The molecular weight excluding hydrogens is 280 g/mol. The van der Waals surface area contributed by atoms with Gasteiger partial charge in [-0.15, -0.1) is 0 Å². The first-order chi connectivity index (χ1) is 8.16. The van der Waals surface area contributed by atoms with Crippen LogP contribution in [-0.4, -0.2) is 12.5 Å². The topological polar surface area (TPSA) is 55.1 Å². The standard InChI is InChI=1S/C13H17BrN2O/c14-11-8-10(4-5-12(11)15)13(17)16-7-6-9-2-1-3-9/h4-5,8-9H,1-3,6-7,15H2,(H,16,17). The number of carbonyl (C=O) groups excluding carboxylic acids is 1. The van der Waals surface area contributed by atoms with Gasteiger partial charge in [-0.1, -0.05) is 19.3 Å². The van der Waals surface area contributed by atoms with E-state index >= 15 is 0 Å². The molecule has 1 fully saturated rings. The smallest absolute Gasteiger partial charge is 0.251 e. The van der Waals surface area contributed by atoms with Crippen molar-refractivity contribution in [3.8, 4) is 0 Å². The lowest BCUT2D eigenvalue weighted by Crippen LogP contribution is -2.27. The van der Waals surface area contributed by atoms with Crippen LogP contribution in [0.25, 0.3) is 0 Å². The second kappa shape index (κ2) is 5.54. The summed E-state index contributed by atoms with van der Waals surface area (Å²) in [6, 6.07) is 5.25. The van der Waals surface area contributed by atoms with Crippen molar-refractivity contribution in [2.45, 2.75) is 25.7 Å². The van der Waals surface area contributed by atoms with Crippen LogP contribution in [0.15, 0.2) is 22.7 Å². The molecule has 0 atom stereocenters. The largest absolute Gasteiger partial charge is 0.398 e. The molecule has 17 heavy (non-hydrogen) atoms. The van der Waals surface area contributed by atoms with Crippen molar-refractivity contribution in [3.05, 3.63) is 28.2 Å². The second-order valence-corrected chi connectivity index (χ2v) is 5.43. The zero-order valence-corrected chi connectivity index (χ0v) is 11.3. The molecule has 0 radical (unpaired) electrons. The highest BCUT2D eigenvalue weighted by atomic mass is 79.9. The quantitative estimate of drug-likeness (QED) is 0.840. The first kappa shape index (κ1) is 12.4. The number of nitrogen functional groups attached to an aromatic ring is 1. The van der Waals surface area contributed by atoms with Crippen molar-refractivity contribution in [2.75, 3.05) is 12.3 Å². The number of benzene rings is 1. The third-order valence-electron chi connectivity index (χ3n) is 3.33. The molecule has 4 heteroatoms. The van der Waals surface area contributed by atoms with Crippen molar-refractivity contribution in [2.24, 2.45) is 5.92 Å². The van der Waals surface area contributed by atoms with E-state index in [1.54, 1.807) is 18.2 Å². The van der Waals surface area contributed by atoms with Gasteiger partial charge in [0, 0.05) is 22.3 Å². The summed E-state index contributed by atoms with van der Waals surface area (Å²) in [5.41, 5.74) is 6.98. The van der Waals surface area contributed by atoms with Crippen LogP contribution in [0.4, 0.5) is 5.69 Å². The third-order valence-corrected chi connectivity index (χ3v) is 4.01. The van der Waals surface area contributed by atoms with Gasteiger partial charge >= 0.3 is 0 Å². The molecule has 1 aliphatic rings. The third kappa shape index (κ3) is 3.22. The Kier molecular flexibility index (Phi) is 4.05. The van der Waals surface area contributed by atoms with E-state index in [0.717, 1.165) is 23.4 Å². The number of halogens is 1. The lowest BCUT2D eigenvalue weighted by molar-refractivity contribution is 0.0949. The van der Waals surface area contributed by atoms with Gasteiger partial charge in [0.2, 0.25) is 0 Å². The van der Waals surface area contributed by atoms with E-state index in [1.165, 1.54) is 19.3 Å². The van der Waals surface area contributed by atoms with Crippen molar-refractivity contribution in [3.63, 3.8) is 0 Å². The summed E-state index contributed by atoms with van der Waals surface area (Å²) in [5.74, 6) is 0.804. The predicted molar refractivity (Wildman–Crippen MR) is 72.8 cm³/mol. The summed E-state index contributed by atoms with van der Waals surface area (Å²) in [4.78, 5) is 11.8. The fourth-order valence-electron chi connectivity index (χ4n) is 1.94. The lowest BCUT2D eigenvalue weighted by Gasteiger charge is -2.25. The minimum Gasteiger partial charge on any atom is -0.398 e. The molecule has 0 unspecified atom stereocenters. The van der Waals surface area contributed by atoms with E-state index in [1.807, 2.05) is 0 Å². The van der Waals surface area contributed by atoms with Gasteiger partial charge in [0.05, 0.1) is 0 Å². The molecule has 1 amide bonds. The molecule has 1 aliphatic carbocycles. The highest BCUT2D eigenvalue weighted by molar-refractivity contribution is 9.10. The summed E-state index contributed by atoms with van der Waals surface area (Å²) in [6.07, 6.45) is 5.10. The van der Waals surface area contributed by atoms with Crippen LogP contribution in [-0.2, 0) is 0 Å². The molecule has 3 N–H and O–H groups in total. The van der Waals surface area contributed by atoms with Crippen molar-refractivity contribution < 1.29 is 4.79 Å². The van der Waals surface area contributed by atoms with Gasteiger partial charge in [0.25, 0.3) is 5.91 Å². The van der Waals surface area contributed by atoms with Gasteiger partial charge in [-0.25, -0.2) is 0 Å². The monoisotopic (exact) mass is 296 g/mol. The first-order valence-corrected chi connectivity index (χ1v) is 6.79. The molecule has 0 saturated heterocycles. The Morgan fingerprint density at radius 3 is 2.82 bits per heavy atom. The molecular formula is C13H17BrN2O. The summed E-state index contributed by atoms with van der Waals surface area (Å²) >= 11 is 3.32. The van der Waals surface area contributed by atoms with Gasteiger partial charge in [-0.3, -0.25) is 4.79 Å². The average Bonchev–Trinajstić information content (AvgIpc) is 2.25. The van der Waals surface area contributed by atoms with Crippen molar-refractivity contribution in [1.29, 1.82) is 0 Å². The van der Waals surface area contributed by atoms with Crippen LogP contribution < -0.4 is 11.1 Å².